The van der Waals surface area contributed by atoms with Crippen LogP contribution in [0.5, 0.6) is 0 Å². The topological polar surface area (TPSA) is 210 Å². The number of nitrogens with zero attached hydrogens (tertiary/aromatic N) is 6. The molecule has 3 aromatic rings. The van der Waals surface area contributed by atoms with Crippen LogP contribution in [0.25, 0.3) is 11.2 Å². The number of hydrogen-bond acceptors (Lipinski definition) is 13. The summed E-state index contributed by atoms with van der Waals surface area (Å²) in [6.07, 6.45) is 1.13. The molecule has 2 aliphatic rings. The highest BCUT2D eigenvalue weighted by molar-refractivity contribution is 8.00. The van der Waals surface area contributed by atoms with Crippen molar-refractivity contribution in [2.45, 2.75) is 31.0 Å². The third-order valence-corrected chi connectivity index (χ3v) is 9.54. The number of carboxylic acids is 1. The number of rotatable bonds is 13. The van der Waals surface area contributed by atoms with Crippen LogP contribution in [0.1, 0.15) is 12.6 Å². The molecule has 5 heterocycles. The average molecular weight is 678 g/mol. The van der Waals surface area contributed by atoms with Crippen LogP contribution in [0.15, 0.2) is 34.8 Å². The summed E-state index contributed by atoms with van der Waals surface area (Å²) in [4.78, 5) is 65.3. The van der Waals surface area contributed by atoms with Gasteiger partial charge >= 0.3 is 17.6 Å². The van der Waals surface area contributed by atoms with E-state index in [0.29, 0.717) is 36.7 Å². The first kappa shape index (κ1) is 32.1. The van der Waals surface area contributed by atoms with Gasteiger partial charge in [0.25, 0.3) is 11.8 Å². The molecule has 6 N–H and O–H groups in total. The highest BCUT2D eigenvalue weighted by Crippen LogP contribution is 2.40. The van der Waals surface area contributed by atoms with Gasteiger partial charge in [-0.2, -0.15) is 0 Å². The van der Waals surface area contributed by atoms with E-state index in [1.165, 1.54) is 23.6 Å². The van der Waals surface area contributed by atoms with Crippen LogP contribution in [-0.2, 0) is 37.6 Å². The van der Waals surface area contributed by atoms with Gasteiger partial charge in [-0.15, -0.1) is 11.8 Å². The third kappa shape index (κ3) is 6.31. The molecule has 45 heavy (non-hydrogen) atoms. The van der Waals surface area contributed by atoms with Gasteiger partial charge in [0.1, 0.15) is 33.5 Å². The highest BCUT2D eigenvalue weighted by Gasteiger charge is 2.53. The second kappa shape index (κ2) is 13.4. The summed E-state index contributed by atoms with van der Waals surface area (Å²) in [5, 5.41) is 21.3. The number of imidazole rings is 1. The molecule has 0 aromatic carbocycles. The lowest BCUT2D eigenvalue weighted by Crippen LogP contribution is -2.70. The quantitative estimate of drug-likeness (QED) is 0.0402. The van der Waals surface area contributed by atoms with E-state index >= 15 is 0 Å². The van der Waals surface area contributed by atoms with Crippen molar-refractivity contribution >= 4 is 86.7 Å². The Kier molecular flexibility index (Phi) is 9.56. The van der Waals surface area contributed by atoms with Crippen LogP contribution in [0, 0.1) is 0 Å². The van der Waals surface area contributed by atoms with Gasteiger partial charge in [-0.3, -0.25) is 23.9 Å². The number of fused-ring (bicyclic) bond motifs is 2. The molecular formula is C26H30ClN10O6S2+. The smallest absolute Gasteiger partial charge is 0.351 e. The number of anilines is 2. The van der Waals surface area contributed by atoms with Crippen LogP contribution in [-0.4, -0.2) is 97.7 Å². The number of likely N-dealkylation sites (N-methyl/N-ethyl adjacent to an activating group) is 1. The molecule has 5 rings (SSSR count). The van der Waals surface area contributed by atoms with Crippen LogP contribution >= 0.6 is 34.7 Å². The number of carbonyl (C=O) groups is 4. The van der Waals surface area contributed by atoms with Crippen molar-refractivity contribution < 1.29 is 33.7 Å². The van der Waals surface area contributed by atoms with Crippen molar-refractivity contribution in [1.29, 1.82) is 0 Å². The number of amides is 2. The fourth-order valence-electron chi connectivity index (χ4n) is 4.76. The van der Waals surface area contributed by atoms with Gasteiger partial charge in [0, 0.05) is 31.5 Å². The number of pyridine rings is 1. The molecule has 0 spiro atoms. The molecule has 238 valence electrons. The molecule has 0 radical (unpaired) electrons. The Hall–Kier alpha value is -4.26. The van der Waals surface area contributed by atoms with Gasteiger partial charge in [-0.25, -0.2) is 14.3 Å². The van der Waals surface area contributed by atoms with E-state index in [-0.39, 0.29) is 20.9 Å². The number of nitrogens with one attached hydrogen (secondary N) is 3. The van der Waals surface area contributed by atoms with Crippen molar-refractivity contribution in [3.8, 4) is 0 Å². The lowest BCUT2D eigenvalue weighted by atomic mass is 10.0. The van der Waals surface area contributed by atoms with Gasteiger partial charge < -0.3 is 31.6 Å². The van der Waals surface area contributed by atoms with Crippen molar-refractivity contribution in [2.75, 3.05) is 36.9 Å². The van der Waals surface area contributed by atoms with Crippen LogP contribution in [0.2, 0.25) is 4.34 Å². The average Bonchev–Trinajstić information content (AvgIpc) is 3.53. The number of nitrogens with two attached hydrogens (primary N) is 1. The summed E-state index contributed by atoms with van der Waals surface area (Å²) < 4.78 is 3.90. The number of carbonyl (C=O) groups excluding carboxylic acids is 3. The molecular weight excluding hydrogens is 648 g/mol. The number of oxime groups is 1. The number of thiazole rings is 1. The largest absolute Gasteiger partial charge is 0.478 e. The zero-order valence-electron chi connectivity index (χ0n) is 24.3. The van der Waals surface area contributed by atoms with Crippen molar-refractivity contribution in [2.24, 2.45) is 12.2 Å². The van der Waals surface area contributed by atoms with Gasteiger partial charge in [-0.05, 0) is 31.1 Å². The molecule has 3 atom stereocenters. The van der Waals surface area contributed by atoms with Crippen molar-refractivity contribution in [3.63, 3.8) is 0 Å². The maximum absolute atomic E-state index is 13.3. The second-order valence-corrected chi connectivity index (χ2v) is 12.8. The summed E-state index contributed by atoms with van der Waals surface area (Å²) in [6.45, 7) is 3.00. The third-order valence-electron chi connectivity index (χ3n) is 7.11. The van der Waals surface area contributed by atoms with Crippen LogP contribution in [0.3, 0.4) is 0 Å². The predicted molar refractivity (Wildman–Crippen MR) is 168 cm³/mol. The monoisotopic (exact) mass is 677 g/mol. The van der Waals surface area contributed by atoms with Crippen molar-refractivity contribution in [1.82, 2.24) is 30.1 Å². The summed E-state index contributed by atoms with van der Waals surface area (Å²) in [5.41, 5.74) is 7.71. The van der Waals surface area contributed by atoms with Crippen LogP contribution in [0.4, 0.5) is 11.1 Å². The summed E-state index contributed by atoms with van der Waals surface area (Å²) in [5.74, 6) is -1.58. The number of nitrogen functional groups attached to an aromatic ring is 1. The Morgan fingerprint density at radius 1 is 1.38 bits per heavy atom. The lowest BCUT2D eigenvalue weighted by Gasteiger charge is -2.49. The summed E-state index contributed by atoms with van der Waals surface area (Å²) in [7, 11) is 3.79. The van der Waals surface area contributed by atoms with E-state index in [1.54, 1.807) is 0 Å². The highest BCUT2D eigenvalue weighted by atomic mass is 35.5. The van der Waals surface area contributed by atoms with E-state index in [4.69, 9.17) is 32.3 Å². The molecule has 0 bridgehead atoms. The molecule has 16 nitrogen and oxygen atoms in total. The van der Waals surface area contributed by atoms with E-state index in [0.717, 1.165) is 29.0 Å². The molecule has 2 unspecified atom stereocenters. The zero-order valence-corrected chi connectivity index (χ0v) is 26.7. The summed E-state index contributed by atoms with van der Waals surface area (Å²) in [6, 6.07) is 2.84. The number of halogens is 1. The van der Waals surface area contributed by atoms with Crippen molar-refractivity contribution in [3.05, 3.63) is 39.6 Å². The molecule has 0 aliphatic carbocycles. The number of aromatic nitrogens is 4. The van der Waals surface area contributed by atoms with Gasteiger partial charge in [0.2, 0.25) is 6.10 Å². The number of hydrogen-bond donors (Lipinski definition) is 5. The maximum Gasteiger partial charge on any atom is 0.351 e. The predicted octanol–water partition coefficient (Wildman–Crippen LogP) is -0.0689. The van der Waals surface area contributed by atoms with Gasteiger partial charge in [-0.1, -0.05) is 28.1 Å². The normalized spacial score (nSPS) is 18.8. The first-order valence-corrected chi connectivity index (χ1v) is 15.8. The molecule has 19 heteroatoms. The number of thioether (sulfide) groups is 1. The number of aldehydes is 1. The first-order chi connectivity index (χ1) is 21.5. The minimum absolute atomic E-state index is 0.0266. The zero-order chi connectivity index (χ0) is 32.4. The number of aryl methyl sites for hydroxylation is 1. The number of β-lactam (4-membered cyclic amide) rings is 1. The van der Waals surface area contributed by atoms with E-state index in [2.05, 4.69) is 26.1 Å². The number of allylic oxidation sites excluding steroid dienone is 1. The summed E-state index contributed by atoms with van der Waals surface area (Å²) >= 11 is 8.46. The standard InChI is InChI=1S/C26H29ClN10O6S2/c1-12(24(41)42)43-34-17(16-19(27)45-25(28)32-16)21(39)31-18-22(40)37-15(10-38)13(11-44-23(18)37)9-36-8-4-5-14-20(36)33-26(35(14)3)30-7-6-29-2/h4-5,8,10,12,18,23,29H,6-7,9,11H2,1-3H3,(H4,28,31,32,39,41,42)/p+1/b34-17-/t12-,18?,23?/m0/s1. The molecule has 0 saturated carbocycles. The molecule has 1 fully saturated rings. The molecule has 2 amide bonds. The molecule has 2 aliphatic heterocycles. The Morgan fingerprint density at radius 2 is 2.16 bits per heavy atom. The Labute approximate surface area is 269 Å². The SMILES string of the molecule is CNCCNc1nc2c(ccc[n+]2CC2=C(C=O)N3C(=O)C(NC(=O)/C(=N\O[C@@H](C)C(=O)O)c4nc(N)sc4Cl)C3SC2)n1C. The second-order valence-electron chi connectivity index (χ2n) is 10.0. The van der Waals surface area contributed by atoms with Crippen LogP contribution < -0.4 is 26.3 Å². The number of aliphatic carboxylic acids is 1. The maximum atomic E-state index is 13.3. The van der Waals surface area contributed by atoms with E-state index in [9.17, 15) is 19.2 Å². The first-order valence-electron chi connectivity index (χ1n) is 13.6. The Balaban J connectivity index is 1.35. The lowest BCUT2D eigenvalue weighted by molar-refractivity contribution is -0.664. The molecule has 3 aromatic heterocycles. The molecule has 1 saturated heterocycles. The van der Waals surface area contributed by atoms with Gasteiger partial charge in [0.15, 0.2) is 17.1 Å². The van der Waals surface area contributed by atoms with E-state index in [1.807, 2.05) is 41.6 Å². The fourth-order valence-corrected chi connectivity index (χ4v) is 7.04. The van der Waals surface area contributed by atoms with E-state index < -0.39 is 41.0 Å². The minimum atomic E-state index is -1.38. The van der Waals surface area contributed by atoms with Gasteiger partial charge in [0.05, 0.1) is 11.9 Å². The Morgan fingerprint density at radius 3 is 2.82 bits per heavy atom. The number of carboxylic acid groups (broad SMARTS) is 1. The Bertz CT molecular complexity index is 1740. The minimum Gasteiger partial charge on any atom is -0.478 e. The fraction of sp³-hybridized carbons (Fsp3) is 0.385.